The normalized spacial score (nSPS) is 13.4. The fourth-order valence-corrected chi connectivity index (χ4v) is 7.43. The third-order valence-electron chi connectivity index (χ3n) is 5.53. The number of carbonyl (C=O) groups is 2. The summed E-state index contributed by atoms with van der Waals surface area (Å²) in [6.45, 7) is 2.12. The molecule has 0 aliphatic carbocycles. The van der Waals surface area contributed by atoms with Gasteiger partial charge in [0.2, 0.25) is 0 Å². The second-order valence-corrected chi connectivity index (χ2v) is 13.1. The molecule has 0 bridgehead atoms. The predicted octanol–water partition coefficient (Wildman–Crippen LogP) is 5.95. The van der Waals surface area contributed by atoms with Gasteiger partial charge in [0, 0.05) is 28.0 Å². The summed E-state index contributed by atoms with van der Waals surface area (Å²) in [4.78, 5) is 30.5. The molecular weight excluding hydrogens is 654 g/mol. The number of aromatic nitrogens is 2. The summed E-state index contributed by atoms with van der Waals surface area (Å²) in [7, 11) is 1.61. The summed E-state index contributed by atoms with van der Waals surface area (Å²) in [5.41, 5.74) is 3.29. The first-order valence-corrected chi connectivity index (χ1v) is 14.8. The lowest BCUT2D eigenvalue weighted by Gasteiger charge is -2.14. The number of hydrogen-bond donors (Lipinski definition) is 0. The van der Waals surface area contributed by atoms with E-state index in [9.17, 15) is 9.59 Å². The number of hydrogen-bond acceptors (Lipinski definition) is 10. The lowest BCUT2D eigenvalue weighted by molar-refractivity contribution is 0.0197. The summed E-state index contributed by atoms with van der Waals surface area (Å²) in [5.74, 6) is -0.692. The van der Waals surface area contributed by atoms with Crippen LogP contribution in [0.25, 0.3) is 31.9 Å². The summed E-state index contributed by atoms with van der Waals surface area (Å²) >= 11 is 11.1. The summed E-state index contributed by atoms with van der Waals surface area (Å²) in [5, 5.41) is 0. The SMILES string of the molecule is COCCOCCOCCN1C(=O)c2c(c(-c3ccc(Br)s3)c3nsnc3c2-c2ccc(Br)s2)C1=O. The van der Waals surface area contributed by atoms with E-state index < -0.39 is 0 Å². The summed E-state index contributed by atoms with van der Waals surface area (Å²) in [6.07, 6.45) is 0. The molecule has 3 aromatic heterocycles. The van der Waals surface area contributed by atoms with Gasteiger partial charge in [-0.1, -0.05) is 0 Å². The Morgan fingerprint density at radius 2 is 1.25 bits per heavy atom. The van der Waals surface area contributed by atoms with Crippen molar-refractivity contribution in [2.45, 2.75) is 0 Å². The minimum Gasteiger partial charge on any atom is -0.382 e. The molecule has 8 nitrogen and oxygen atoms in total. The number of fused-ring (bicyclic) bond motifs is 2. The number of amides is 2. The number of nitrogens with zero attached hydrogens (tertiary/aromatic N) is 3. The zero-order valence-corrected chi connectivity index (χ0v) is 24.5. The number of benzene rings is 1. The van der Waals surface area contributed by atoms with Gasteiger partial charge in [0.15, 0.2) is 0 Å². The Morgan fingerprint density at radius 1 is 0.750 bits per heavy atom. The highest BCUT2D eigenvalue weighted by atomic mass is 79.9. The predicted molar refractivity (Wildman–Crippen MR) is 148 cm³/mol. The Hall–Kier alpha value is -1.58. The first kappa shape index (κ1) is 26.0. The third kappa shape index (κ3) is 4.95. The van der Waals surface area contributed by atoms with Crippen LogP contribution in [0, 0.1) is 0 Å². The first-order chi connectivity index (χ1) is 17.5. The molecule has 0 atom stereocenters. The van der Waals surface area contributed by atoms with E-state index in [0.29, 0.717) is 59.7 Å². The highest BCUT2D eigenvalue weighted by Gasteiger charge is 2.42. The van der Waals surface area contributed by atoms with E-state index in [4.69, 9.17) is 14.2 Å². The number of ether oxygens (including phenoxy) is 3. The van der Waals surface area contributed by atoms with Crippen molar-refractivity contribution in [2.24, 2.45) is 0 Å². The molecule has 0 N–H and O–H groups in total. The number of carbonyl (C=O) groups excluding carboxylic acids is 2. The van der Waals surface area contributed by atoms with Crippen LogP contribution < -0.4 is 0 Å². The topological polar surface area (TPSA) is 90.8 Å². The highest BCUT2D eigenvalue weighted by Crippen LogP contribution is 2.48. The minimum atomic E-state index is -0.346. The molecule has 0 unspecified atom stereocenters. The molecule has 1 aliphatic heterocycles. The molecule has 0 spiro atoms. The summed E-state index contributed by atoms with van der Waals surface area (Å²) in [6, 6.07) is 7.70. The van der Waals surface area contributed by atoms with Gasteiger partial charge in [-0.2, -0.15) is 8.75 Å². The minimum absolute atomic E-state index is 0.138. The molecule has 1 aromatic carbocycles. The van der Waals surface area contributed by atoms with Gasteiger partial charge in [-0.25, -0.2) is 0 Å². The van der Waals surface area contributed by atoms with Crippen molar-refractivity contribution in [3.8, 4) is 20.9 Å². The maximum atomic E-state index is 13.8. The van der Waals surface area contributed by atoms with E-state index in [2.05, 4.69) is 40.6 Å². The molecule has 13 heteroatoms. The highest BCUT2D eigenvalue weighted by molar-refractivity contribution is 9.11. The van der Waals surface area contributed by atoms with E-state index in [1.807, 2.05) is 24.3 Å². The summed E-state index contributed by atoms with van der Waals surface area (Å²) < 4.78 is 26.9. The Balaban J connectivity index is 1.51. The number of rotatable bonds is 11. The maximum Gasteiger partial charge on any atom is 0.262 e. The molecule has 5 rings (SSSR count). The molecule has 2 amide bonds. The Labute approximate surface area is 235 Å². The second kappa shape index (κ2) is 11.4. The fourth-order valence-electron chi connectivity index (χ4n) is 3.99. The number of methoxy groups -OCH3 is 1. The lowest BCUT2D eigenvalue weighted by Crippen LogP contribution is -2.33. The Morgan fingerprint density at radius 3 is 1.72 bits per heavy atom. The lowest BCUT2D eigenvalue weighted by atomic mass is 9.93. The number of thiophene rings is 2. The first-order valence-electron chi connectivity index (χ1n) is 10.9. The van der Waals surface area contributed by atoms with Crippen molar-refractivity contribution < 1.29 is 23.8 Å². The Bertz CT molecular complexity index is 1340. The molecule has 4 aromatic rings. The monoisotopic (exact) mass is 671 g/mol. The number of halogens is 2. The fraction of sp³-hybridized carbons (Fsp3) is 0.304. The van der Waals surface area contributed by atoms with Crippen molar-refractivity contribution in [2.75, 3.05) is 46.7 Å². The van der Waals surface area contributed by atoms with Gasteiger partial charge in [0.25, 0.3) is 11.8 Å². The molecule has 0 fully saturated rings. The van der Waals surface area contributed by atoms with E-state index in [1.165, 1.54) is 27.6 Å². The van der Waals surface area contributed by atoms with Crippen molar-refractivity contribution in [1.29, 1.82) is 0 Å². The maximum absolute atomic E-state index is 13.8. The van der Waals surface area contributed by atoms with Crippen LogP contribution in [0.1, 0.15) is 20.7 Å². The molecule has 0 saturated carbocycles. The van der Waals surface area contributed by atoms with Crippen molar-refractivity contribution in [1.82, 2.24) is 13.6 Å². The van der Waals surface area contributed by atoms with Crippen molar-refractivity contribution in [3.63, 3.8) is 0 Å². The molecule has 0 radical (unpaired) electrons. The zero-order chi connectivity index (χ0) is 25.2. The van der Waals surface area contributed by atoms with Crippen molar-refractivity contribution in [3.05, 3.63) is 43.0 Å². The quantitative estimate of drug-likeness (QED) is 0.144. The average molecular weight is 673 g/mol. The van der Waals surface area contributed by atoms with Crippen LogP contribution >= 0.6 is 66.3 Å². The van der Waals surface area contributed by atoms with Crippen molar-refractivity contribution >= 4 is 89.1 Å². The molecule has 188 valence electrons. The van der Waals surface area contributed by atoms with Crippen LogP contribution in [0.5, 0.6) is 0 Å². The third-order valence-corrected chi connectivity index (χ3v) is 9.34. The van der Waals surface area contributed by atoms with E-state index in [0.717, 1.165) is 29.1 Å². The molecule has 4 heterocycles. The van der Waals surface area contributed by atoms with E-state index in [-0.39, 0.29) is 25.0 Å². The van der Waals surface area contributed by atoms with Gasteiger partial charge in [0.05, 0.1) is 70.0 Å². The van der Waals surface area contributed by atoms with Gasteiger partial charge in [-0.05, 0) is 56.1 Å². The van der Waals surface area contributed by atoms with Gasteiger partial charge >= 0.3 is 0 Å². The molecular formula is C23H19Br2N3O5S3. The van der Waals surface area contributed by atoms with Gasteiger partial charge in [-0.3, -0.25) is 14.5 Å². The van der Waals surface area contributed by atoms with Gasteiger partial charge < -0.3 is 14.2 Å². The van der Waals surface area contributed by atoms with Gasteiger partial charge in [0.1, 0.15) is 11.0 Å². The van der Waals surface area contributed by atoms with E-state index >= 15 is 0 Å². The van der Waals surface area contributed by atoms with Crippen LogP contribution in [0.2, 0.25) is 0 Å². The van der Waals surface area contributed by atoms with Crippen LogP contribution in [0.3, 0.4) is 0 Å². The zero-order valence-electron chi connectivity index (χ0n) is 18.9. The Kier molecular flexibility index (Phi) is 8.27. The second-order valence-electron chi connectivity index (χ2n) is 7.65. The van der Waals surface area contributed by atoms with Crippen LogP contribution in [0.15, 0.2) is 31.8 Å². The smallest absolute Gasteiger partial charge is 0.262 e. The average Bonchev–Trinajstić information content (AvgIpc) is 3.65. The van der Waals surface area contributed by atoms with E-state index in [1.54, 1.807) is 7.11 Å². The largest absolute Gasteiger partial charge is 0.382 e. The van der Waals surface area contributed by atoms with Crippen LogP contribution in [-0.2, 0) is 14.2 Å². The number of imide groups is 1. The standard InChI is InChI=1S/C23H19Br2N3O5S3/c1-31-8-9-33-11-10-32-7-6-28-22(29)18-16(12-2-4-14(24)34-12)20-21(27-36-26-20)17(19(18)23(28)30)13-3-5-15(25)35-13/h2-5H,6-11H2,1H3. The van der Waals surface area contributed by atoms with Crippen LogP contribution in [0.4, 0.5) is 0 Å². The molecule has 1 aliphatic rings. The molecule has 0 saturated heterocycles. The van der Waals surface area contributed by atoms with Gasteiger partial charge in [-0.15, -0.1) is 22.7 Å². The molecule has 36 heavy (non-hydrogen) atoms. The van der Waals surface area contributed by atoms with Crippen LogP contribution in [-0.4, -0.2) is 72.2 Å².